The second kappa shape index (κ2) is 4.93. The number of nitrogens with one attached hydrogen (secondary N) is 1. The summed E-state index contributed by atoms with van der Waals surface area (Å²) in [5.74, 6) is 1.82. The van der Waals surface area contributed by atoms with Gasteiger partial charge in [0.15, 0.2) is 0 Å². The highest BCUT2D eigenvalue weighted by Crippen LogP contribution is 2.36. The predicted octanol–water partition coefficient (Wildman–Crippen LogP) is 3.46. The number of benzene rings is 1. The first-order valence-electron chi connectivity index (χ1n) is 7.21. The molecule has 1 fully saturated rings. The summed E-state index contributed by atoms with van der Waals surface area (Å²) in [5, 5.41) is 3.88. The van der Waals surface area contributed by atoms with Crippen molar-refractivity contribution in [3.63, 3.8) is 0 Å². The van der Waals surface area contributed by atoms with Gasteiger partial charge in [-0.3, -0.25) is 0 Å². The van der Waals surface area contributed by atoms with E-state index in [1.807, 2.05) is 0 Å². The summed E-state index contributed by atoms with van der Waals surface area (Å²) in [4.78, 5) is 0. The summed E-state index contributed by atoms with van der Waals surface area (Å²) in [6, 6.07) is 7.79. The molecule has 0 aliphatic heterocycles. The molecule has 0 amide bonds. The van der Waals surface area contributed by atoms with E-state index in [0.29, 0.717) is 12.1 Å². The highest BCUT2D eigenvalue weighted by molar-refractivity contribution is 5.40. The van der Waals surface area contributed by atoms with Gasteiger partial charge in [0.2, 0.25) is 0 Å². The molecule has 2 aliphatic carbocycles. The second-order valence-electron chi connectivity index (χ2n) is 5.84. The van der Waals surface area contributed by atoms with E-state index in [4.69, 9.17) is 4.74 Å². The molecule has 3 atom stereocenters. The lowest BCUT2D eigenvalue weighted by molar-refractivity contribution is 0.372. The molecule has 0 saturated heterocycles. The van der Waals surface area contributed by atoms with Gasteiger partial charge in [0.1, 0.15) is 5.75 Å². The molecule has 18 heavy (non-hydrogen) atoms. The van der Waals surface area contributed by atoms with Crippen LogP contribution in [0.4, 0.5) is 0 Å². The minimum atomic E-state index is 0.542. The Balaban J connectivity index is 1.76. The Bertz CT molecular complexity index is 429. The Hall–Kier alpha value is -1.02. The van der Waals surface area contributed by atoms with Gasteiger partial charge in [-0.2, -0.15) is 0 Å². The zero-order chi connectivity index (χ0) is 12.5. The Labute approximate surface area is 110 Å². The second-order valence-corrected chi connectivity index (χ2v) is 5.84. The fourth-order valence-corrected chi connectivity index (χ4v) is 3.53. The molecule has 3 unspecified atom stereocenters. The average Bonchev–Trinajstić information content (AvgIpc) is 2.97. The van der Waals surface area contributed by atoms with E-state index in [0.717, 1.165) is 11.7 Å². The molecule has 2 nitrogen and oxygen atoms in total. The van der Waals surface area contributed by atoms with Crippen LogP contribution in [0.2, 0.25) is 0 Å². The molecular weight excluding hydrogens is 222 g/mol. The van der Waals surface area contributed by atoms with Crippen LogP contribution in [0.1, 0.15) is 49.8 Å². The molecule has 1 aromatic rings. The van der Waals surface area contributed by atoms with E-state index in [9.17, 15) is 0 Å². The van der Waals surface area contributed by atoms with Gasteiger partial charge in [0.05, 0.1) is 7.11 Å². The van der Waals surface area contributed by atoms with Crippen molar-refractivity contribution < 1.29 is 4.74 Å². The highest BCUT2D eigenvalue weighted by atomic mass is 16.5. The molecule has 1 N–H and O–H groups in total. The summed E-state index contributed by atoms with van der Waals surface area (Å²) in [6.45, 7) is 2.38. The number of ether oxygens (including phenoxy) is 1. The predicted molar refractivity (Wildman–Crippen MR) is 74.0 cm³/mol. The highest BCUT2D eigenvalue weighted by Gasteiger charge is 2.29. The number of aryl methyl sites for hydroxylation is 1. The van der Waals surface area contributed by atoms with Crippen molar-refractivity contribution in [2.24, 2.45) is 5.92 Å². The smallest absolute Gasteiger partial charge is 0.119 e. The topological polar surface area (TPSA) is 21.3 Å². The Morgan fingerprint density at radius 1 is 1.22 bits per heavy atom. The Morgan fingerprint density at radius 2 is 2.11 bits per heavy atom. The molecule has 3 rings (SSSR count). The molecule has 0 heterocycles. The van der Waals surface area contributed by atoms with Crippen molar-refractivity contribution in [2.75, 3.05) is 7.11 Å². The first-order chi connectivity index (χ1) is 8.78. The lowest BCUT2D eigenvalue weighted by atomic mass is 10.0. The van der Waals surface area contributed by atoms with Crippen LogP contribution in [-0.4, -0.2) is 13.2 Å². The molecule has 1 saturated carbocycles. The zero-order valence-corrected chi connectivity index (χ0v) is 11.4. The van der Waals surface area contributed by atoms with Gasteiger partial charge in [-0.05, 0) is 54.9 Å². The molecule has 2 heteroatoms. The maximum atomic E-state index is 5.35. The lowest BCUT2D eigenvalue weighted by Gasteiger charge is -2.23. The number of hydrogen-bond acceptors (Lipinski definition) is 2. The average molecular weight is 245 g/mol. The van der Waals surface area contributed by atoms with Crippen molar-refractivity contribution in [2.45, 2.75) is 51.1 Å². The molecular formula is C16H23NO. The van der Waals surface area contributed by atoms with E-state index in [1.165, 1.54) is 43.2 Å². The van der Waals surface area contributed by atoms with Gasteiger partial charge >= 0.3 is 0 Å². The van der Waals surface area contributed by atoms with E-state index in [2.05, 4.69) is 30.4 Å². The van der Waals surface area contributed by atoms with Crippen molar-refractivity contribution in [1.29, 1.82) is 0 Å². The first-order valence-corrected chi connectivity index (χ1v) is 7.21. The van der Waals surface area contributed by atoms with Crippen molar-refractivity contribution in [3.8, 4) is 5.75 Å². The normalized spacial score (nSPS) is 30.4. The Kier molecular flexibility index (Phi) is 3.29. The van der Waals surface area contributed by atoms with Gasteiger partial charge in [-0.25, -0.2) is 0 Å². The van der Waals surface area contributed by atoms with Gasteiger partial charge in [-0.15, -0.1) is 0 Å². The van der Waals surface area contributed by atoms with E-state index in [1.54, 1.807) is 7.11 Å². The van der Waals surface area contributed by atoms with Crippen LogP contribution < -0.4 is 10.1 Å². The van der Waals surface area contributed by atoms with Crippen LogP contribution in [-0.2, 0) is 6.42 Å². The third-order valence-electron chi connectivity index (χ3n) is 4.71. The summed E-state index contributed by atoms with van der Waals surface area (Å²) in [6.07, 6.45) is 6.56. The van der Waals surface area contributed by atoms with Gasteiger partial charge in [-0.1, -0.05) is 19.4 Å². The summed E-state index contributed by atoms with van der Waals surface area (Å²) in [7, 11) is 1.75. The van der Waals surface area contributed by atoms with Crippen molar-refractivity contribution >= 4 is 0 Å². The fraction of sp³-hybridized carbons (Fsp3) is 0.625. The molecule has 0 spiro atoms. The minimum Gasteiger partial charge on any atom is -0.497 e. The molecule has 0 aromatic heterocycles. The van der Waals surface area contributed by atoms with Crippen LogP contribution in [0.15, 0.2) is 18.2 Å². The molecule has 0 bridgehead atoms. The zero-order valence-electron chi connectivity index (χ0n) is 11.4. The maximum absolute atomic E-state index is 5.35. The van der Waals surface area contributed by atoms with Crippen LogP contribution in [0.25, 0.3) is 0 Å². The van der Waals surface area contributed by atoms with Crippen LogP contribution in [0, 0.1) is 5.92 Å². The van der Waals surface area contributed by atoms with Crippen molar-refractivity contribution in [1.82, 2.24) is 5.32 Å². The van der Waals surface area contributed by atoms with Crippen LogP contribution >= 0.6 is 0 Å². The first kappa shape index (κ1) is 12.0. The van der Waals surface area contributed by atoms with Gasteiger partial charge in [0, 0.05) is 12.1 Å². The quantitative estimate of drug-likeness (QED) is 0.880. The summed E-state index contributed by atoms with van der Waals surface area (Å²) in [5.41, 5.74) is 2.97. The summed E-state index contributed by atoms with van der Waals surface area (Å²) < 4.78 is 5.35. The third-order valence-corrected chi connectivity index (χ3v) is 4.71. The Morgan fingerprint density at radius 3 is 2.83 bits per heavy atom. The van der Waals surface area contributed by atoms with Crippen LogP contribution in [0.5, 0.6) is 5.75 Å². The van der Waals surface area contributed by atoms with Crippen molar-refractivity contribution in [3.05, 3.63) is 29.3 Å². The van der Waals surface area contributed by atoms with Gasteiger partial charge in [0.25, 0.3) is 0 Å². The maximum Gasteiger partial charge on any atom is 0.119 e. The number of hydrogen-bond donors (Lipinski definition) is 1. The van der Waals surface area contributed by atoms with Gasteiger partial charge < -0.3 is 10.1 Å². The number of fused-ring (bicyclic) bond motifs is 1. The molecule has 1 aromatic carbocycles. The minimum absolute atomic E-state index is 0.542. The molecule has 0 radical (unpaired) electrons. The molecule has 98 valence electrons. The summed E-state index contributed by atoms with van der Waals surface area (Å²) >= 11 is 0. The van der Waals surface area contributed by atoms with E-state index in [-0.39, 0.29) is 0 Å². The SMILES string of the molecule is COc1ccc2c(c1)C(NC1CCCC1C)CC2. The van der Waals surface area contributed by atoms with E-state index < -0.39 is 0 Å². The fourth-order valence-electron chi connectivity index (χ4n) is 3.53. The standard InChI is InChI=1S/C16H23NO/c1-11-4-3-5-15(11)17-16-9-7-12-6-8-13(18-2)10-14(12)16/h6,8,10-11,15-17H,3-5,7,9H2,1-2H3. The van der Waals surface area contributed by atoms with E-state index >= 15 is 0 Å². The molecule has 2 aliphatic rings. The largest absolute Gasteiger partial charge is 0.497 e. The third kappa shape index (κ3) is 2.14. The van der Waals surface area contributed by atoms with Crippen LogP contribution in [0.3, 0.4) is 0 Å². The number of methoxy groups -OCH3 is 1. The lowest BCUT2D eigenvalue weighted by Crippen LogP contribution is -2.33. The number of rotatable bonds is 3. The monoisotopic (exact) mass is 245 g/mol.